The second-order valence-corrected chi connectivity index (χ2v) is 6.53. The Labute approximate surface area is 147 Å². The minimum absolute atomic E-state index is 0.0193. The molecule has 2 aromatic carbocycles. The van der Waals surface area contributed by atoms with Crippen molar-refractivity contribution < 1.29 is 14.3 Å². The van der Waals surface area contributed by atoms with Crippen molar-refractivity contribution >= 4 is 5.91 Å². The van der Waals surface area contributed by atoms with Gasteiger partial charge in [-0.05, 0) is 30.5 Å². The van der Waals surface area contributed by atoms with E-state index in [9.17, 15) is 4.79 Å². The zero-order chi connectivity index (χ0) is 17.1. The van der Waals surface area contributed by atoms with Gasteiger partial charge in [-0.25, -0.2) is 0 Å². The van der Waals surface area contributed by atoms with Gasteiger partial charge in [0.1, 0.15) is 18.8 Å². The molecule has 1 heterocycles. The third-order valence-corrected chi connectivity index (χ3v) is 4.44. The molecule has 0 saturated heterocycles. The van der Waals surface area contributed by atoms with Crippen LogP contribution in [0, 0.1) is 0 Å². The maximum absolute atomic E-state index is 12.6. The highest BCUT2D eigenvalue weighted by Gasteiger charge is 2.29. The molecule has 25 heavy (non-hydrogen) atoms. The van der Waals surface area contributed by atoms with Crippen LogP contribution in [0.1, 0.15) is 24.4 Å². The number of carbonyl (C=O) groups is 1. The number of benzene rings is 2. The van der Waals surface area contributed by atoms with Crippen molar-refractivity contribution in [2.75, 3.05) is 13.2 Å². The zero-order valence-electron chi connectivity index (χ0n) is 14.0. The number of amides is 1. The van der Waals surface area contributed by atoms with E-state index < -0.39 is 0 Å². The molecule has 1 amide bonds. The standard InChI is InChI=1S/C20H22N2O3/c23-20(22-15-10-11-15)19(14-6-2-1-3-7-14)21-12-16-13-24-17-8-4-5-9-18(17)25-16/h1-9,15-16,19,21H,10-13H2,(H,22,23). The average molecular weight is 338 g/mol. The molecule has 2 unspecified atom stereocenters. The fourth-order valence-electron chi connectivity index (χ4n) is 2.93. The lowest BCUT2D eigenvalue weighted by Crippen LogP contribution is -2.44. The number of rotatable bonds is 6. The molecule has 0 spiro atoms. The number of fused-ring (bicyclic) bond motifs is 1. The van der Waals surface area contributed by atoms with Crippen LogP contribution < -0.4 is 20.1 Å². The maximum atomic E-state index is 12.6. The van der Waals surface area contributed by atoms with E-state index in [-0.39, 0.29) is 18.1 Å². The highest BCUT2D eigenvalue weighted by atomic mass is 16.6. The van der Waals surface area contributed by atoms with Crippen molar-refractivity contribution in [3.05, 3.63) is 60.2 Å². The van der Waals surface area contributed by atoms with Gasteiger partial charge in [-0.2, -0.15) is 0 Å². The molecule has 2 aromatic rings. The fraction of sp³-hybridized carbons (Fsp3) is 0.350. The van der Waals surface area contributed by atoms with Crippen molar-refractivity contribution in [1.82, 2.24) is 10.6 Å². The average Bonchev–Trinajstić information content (AvgIpc) is 3.46. The minimum atomic E-state index is -0.387. The third-order valence-electron chi connectivity index (χ3n) is 4.44. The van der Waals surface area contributed by atoms with E-state index in [0.717, 1.165) is 29.9 Å². The van der Waals surface area contributed by atoms with Gasteiger partial charge in [-0.1, -0.05) is 42.5 Å². The van der Waals surface area contributed by atoms with Crippen molar-refractivity contribution in [3.63, 3.8) is 0 Å². The summed E-state index contributed by atoms with van der Waals surface area (Å²) in [4.78, 5) is 12.6. The fourth-order valence-corrected chi connectivity index (χ4v) is 2.93. The quantitative estimate of drug-likeness (QED) is 0.849. The molecule has 2 atom stereocenters. The summed E-state index contributed by atoms with van der Waals surface area (Å²) >= 11 is 0. The molecule has 1 aliphatic heterocycles. The molecule has 5 nitrogen and oxygen atoms in total. The first kappa shape index (κ1) is 16.0. The normalized spacial score (nSPS) is 19.9. The number of para-hydroxylation sites is 2. The molecule has 1 aliphatic carbocycles. The lowest BCUT2D eigenvalue weighted by Gasteiger charge is -2.28. The molecule has 130 valence electrons. The van der Waals surface area contributed by atoms with Crippen LogP contribution >= 0.6 is 0 Å². The van der Waals surface area contributed by atoms with E-state index in [4.69, 9.17) is 9.47 Å². The van der Waals surface area contributed by atoms with Crippen molar-refractivity contribution in [2.24, 2.45) is 0 Å². The lowest BCUT2D eigenvalue weighted by atomic mass is 10.1. The highest BCUT2D eigenvalue weighted by molar-refractivity contribution is 5.83. The summed E-state index contributed by atoms with van der Waals surface area (Å²) in [6.45, 7) is 1.00. The second kappa shape index (κ2) is 7.15. The van der Waals surface area contributed by atoms with Gasteiger partial charge in [-0.15, -0.1) is 0 Å². The Morgan fingerprint density at radius 2 is 1.76 bits per heavy atom. The number of ether oxygens (including phenoxy) is 2. The summed E-state index contributed by atoms with van der Waals surface area (Å²) in [6, 6.07) is 17.4. The first-order chi connectivity index (χ1) is 12.3. The van der Waals surface area contributed by atoms with E-state index in [1.54, 1.807) is 0 Å². The molecule has 5 heteroatoms. The van der Waals surface area contributed by atoms with Gasteiger partial charge in [0.15, 0.2) is 11.5 Å². The molecule has 0 aromatic heterocycles. The Bertz CT molecular complexity index is 731. The van der Waals surface area contributed by atoms with E-state index in [2.05, 4.69) is 10.6 Å². The molecule has 4 rings (SSSR count). The van der Waals surface area contributed by atoms with E-state index in [0.29, 0.717) is 19.2 Å². The van der Waals surface area contributed by atoms with Crippen molar-refractivity contribution in [2.45, 2.75) is 31.0 Å². The second-order valence-electron chi connectivity index (χ2n) is 6.53. The number of hydrogen-bond acceptors (Lipinski definition) is 4. The Morgan fingerprint density at radius 3 is 2.52 bits per heavy atom. The van der Waals surface area contributed by atoms with Crippen LogP contribution in [0.2, 0.25) is 0 Å². The number of carbonyl (C=O) groups excluding carboxylic acids is 1. The van der Waals surface area contributed by atoms with Crippen LogP contribution in [0.3, 0.4) is 0 Å². The monoisotopic (exact) mass is 338 g/mol. The van der Waals surface area contributed by atoms with Crippen LogP contribution in [-0.4, -0.2) is 31.2 Å². The van der Waals surface area contributed by atoms with Crippen LogP contribution in [0.25, 0.3) is 0 Å². The van der Waals surface area contributed by atoms with Gasteiger partial charge in [0.25, 0.3) is 0 Å². The SMILES string of the molecule is O=C(NC1CC1)C(NCC1COc2ccccc2O1)c1ccccc1. The van der Waals surface area contributed by atoms with Gasteiger partial charge in [-0.3, -0.25) is 10.1 Å². The minimum Gasteiger partial charge on any atom is -0.486 e. The summed E-state index contributed by atoms with van der Waals surface area (Å²) in [5.41, 5.74) is 0.956. The van der Waals surface area contributed by atoms with E-state index >= 15 is 0 Å². The van der Waals surface area contributed by atoms with E-state index in [1.807, 2.05) is 54.6 Å². The Morgan fingerprint density at radius 1 is 1.04 bits per heavy atom. The topological polar surface area (TPSA) is 59.6 Å². The van der Waals surface area contributed by atoms with Crippen LogP contribution in [0.4, 0.5) is 0 Å². The Balaban J connectivity index is 1.41. The molecular weight excluding hydrogens is 316 g/mol. The zero-order valence-corrected chi connectivity index (χ0v) is 14.0. The predicted octanol–water partition coefficient (Wildman–Crippen LogP) is 2.44. The van der Waals surface area contributed by atoms with Crippen LogP contribution in [0.15, 0.2) is 54.6 Å². The summed E-state index contributed by atoms with van der Waals surface area (Å²) in [5, 5.41) is 6.43. The predicted molar refractivity (Wildman–Crippen MR) is 94.7 cm³/mol. The highest BCUT2D eigenvalue weighted by Crippen LogP contribution is 2.31. The molecule has 2 N–H and O–H groups in total. The maximum Gasteiger partial charge on any atom is 0.241 e. The summed E-state index contributed by atoms with van der Waals surface area (Å²) in [5.74, 6) is 1.54. The van der Waals surface area contributed by atoms with Gasteiger partial charge < -0.3 is 14.8 Å². The Kier molecular flexibility index (Phi) is 4.57. The van der Waals surface area contributed by atoms with Crippen LogP contribution in [-0.2, 0) is 4.79 Å². The van der Waals surface area contributed by atoms with Gasteiger partial charge >= 0.3 is 0 Å². The number of hydrogen-bond donors (Lipinski definition) is 2. The lowest BCUT2D eigenvalue weighted by molar-refractivity contribution is -0.123. The molecule has 1 fully saturated rings. The van der Waals surface area contributed by atoms with E-state index in [1.165, 1.54) is 0 Å². The summed E-state index contributed by atoms with van der Waals surface area (Å²) in [7, 11) is 0. The molecule has 0 bridgehead atoms. The van der Waals surface area contributed by atoms with Crippen LogP contribution in [0.5, 0.6) is 11.5 Å². The van der Waals surface area contributed by atoms with Gasteiger partial charge in [0, 0.05) is 12.6 Å². The van der Waals surface area contributed by atoms with Crippen molar-refractivity contribution in [3.8, 4) is 11.5 Å². The van der Waals surface area contributed by atoms with Gasteiger partial charge in [0.2, 0.25) is 5.91 Å². The molecule has 0 radical (unpaired) electrons. The first-order valence-corrected chi connectivity index (χ1v) is 8.77. The summed E-state index contributed by atoms with van der Waals surface area (Å²) in [6.07, 6.45) is 2.02. The van der Waals surface area contributed by atoms with Crippen molar-refractivity contribution in [1.29, 1.82) is 0 Å². The first-order valence-electron chi connectivity index (χ1n) is 8.77. The molecule has 1 saturated carbocycles. The summed E-state index contributed by atoms with van der Waals surface area (Å²) < 4.78 is 11.7. The largest absolute Gasteiger partial charge is 0.486 e. The molecular formula is C20H22N2O3. The van der Waals surface area contributed by atoms with Gasteiger partial charge in [0.05, 0.1) is 0 Å². The Hall–Kier alpha value is -2.53. The molecule has 2 aliphatic rings. The smallest absolute Gasteiger partial charge is 0.241 e. The number of nitrogens with one attached hydrogen (secondary N) is 2. The third kappa shape index (κ3) is 3.94.